The maximum absolute atomic E-state index is 2.41. The summed E-state index contributed by atoms with van der Waals surface area (Å²) in [4.78, 5) is 2.37. The Kier molecular flexibility index (Phi) is 7.98. The molecule has 0 N–H and O–H groups in total. The zero-order valence-electron chi connectivity index (χ0n) is 31.2. The van der Waals surface area contributed by atoms with E-state index in [0.717, 1.165) is 17.1 Å². The molecule has 10 aromatic rings. The van der Waals surface area contributed by atoms with Gasteiger partial charge in [-0.1, -0.05) is 176 Å². The van der Waals surface area contributed by atoms with Crippen molar-refractivity contribution >= 4 is 48.6 Å². The molecule has 11 rings (SSSR count). The van der Waals surface area contributed by atoms with Crippen LogP contribution in [0.2, 0.25) is 0 Å². The van der Waals surface area contributed by atoms with Gasteiger partial charge in [0.2, 0.25) is 0 Å². The summed E-state index contributed by atoms with van der Waals surface area (Å²) in [5.41, 5.74) is 15.6. The average Bonchev–Trinajstić information content (AvgIpc) is 3.81. The summed E-state index contributed by atoms with van der Waals surface area (Å²) in [6.07, 6.45) is 0. The number of hydrogen-bond donors (Lipinski definition) is 0. The van der Waals surface area contributed by atoms with Crippen molar-refractivity contribution < 1.29 is 0 Å². The topological polar surface area (TPSA) is 3.24 Å². The lowest BCUT2D eigenvalue weighted by Crippen LogP contribution is -2.28. The van der Waals surface area contributed by atoms with E-state index in [4.69, 9.17) is 0 Å². The van der Waals surface area contributed by atoms with E-state index in [1.165, 1.54) is 75.8 Å². The largest absolute Gasteiger partial charge is 0.310 e. The second-order valence-electron chi connectivity index (χ2n) is 14.9. The predicted octanol–water partition coefficient (Wildman–Crippen LogP) is 15.2. The van der Waals surface area contributed by atoms with Crippen LogP contribution >= 0.6 is 11.3 Å². The van der Waals surface area contributed by atoms with E-state index in [9.17, 15) is 0 Å². The highest BCUT2D eigenvalue weighted by Crippen LogP contribution is 2.56. The second-order valence-corrected chi connectivity index (χ2v) is 15.9. The van der Waals surface area contributed by atoms with E-state index in [0.29, 0.717) is 0 Å². The third kappa shape index (κ3) is 5.44. The number of rotatable bonds is 7. The molecule has 1 aliphatic carbocycles. The van der Waals surface area contributed by atoms with Crippen LogP contribution in [-0.2, 0) is 5.41 Å². The molecule has 0 saturated heterocycles. The molecule has 2 heteroatoms. The van der Waals surface area contributed by atoms with Crippen molar-refractivity contribution in [2.45, 2.75) is 5.41 Å². The molecule has 0 radical (unpaired) electrons. The molecular formula is C55H37NS. The van der Waals surface area contributed by atoms with Crippen LogP contribution in [0.25, 0.3) is 53.6 Å². The Labute approximate surface area is 337 Å². The highest BCUT2D eigenvalue weighted by molar-refractivity contribution is 7.25. The molecule has 0 atom stereocenters. The Hall–Kier alpha value is -7.00. The fraction of sp³-hybridized carbons (Fsp3) is 0.0182. The fourth-order valence-corrected chi connectivity index (χ4v) is 10.4. The summed E-state index contributed by atoms with van der Waals surface area (Å²) in [7, 11) is 0. The zero-order chi connectivity index (χ0) is 37.8. The molecule has 0 spiro atoms. The van der Waals surface area contributed by atoms with E-state index < -0.39 is 5.41 Å². The number of benzene rings is 9. The molecule has 1 aliphatic rings. The van der Waals surface area contributed by atoms with Gasteiger partial charge in [0.05, 0.1) is 5.41 Å². The number of nitrogens with zero attached hydrogens (tertiary/aromatic N) is 1. The molecule has 0 bridgehead atoms. The number of anilines is 3. The number of para-hydroxylation sites is 1. The number of thiophene rings is 1. The van der Waals surface area contributed by atoms with Gasteiger partial charge in [0.25, 0.3) is 0 Å². The smallest absolute Gasteiger partial charge is 0.0713 e. The van der Waals surface area contributed by atoms with Crippen molar-refractivity contribution in [3.8, 4) is 33.4 Å². The van der Waals surface area contributed by atoms with Gasteiger partial charge in [0.15, 0.2) is 0 Å². The molecule has 57 heavy (non-hydrogen) atoms. The van der Waals surface area contributed by atoms with Gasteiger partial charge in [-0.2, -0.15) is 0 Å². The first-order chi connectivity index (χ1) is 28.3. The molecular weight excluding hydrogens is 707 g/mol. The highest BCUT2D eigenvalue weighted by Gasteiger charge is 2.45. The third-order valence-corrected chi connectivity index (χ3v) is 12.9. The van der Waals surface area contributed by atoms with Gasteiger partial charge < -0.3 is 4.90 Å². The summed E-state index contributed by atoms with van der Waals surface area (Å²) >= 11 is 1.87. The lowest BCUT2D eigenvalue weighted by molar-refractivity contribution is 0.769. The van der Waals surface area contributed by atoms with Crippen LogP contribution in [0.5, 0.6) is 0 Å². The summed E-state index contributed by atoms with van der Waals surface area (Å²) in [5.74, 6) is 0. The SMILES string of the molecule is c1ccc(-c2ccc3c(c2)sc2cc(N(c4ccccc4)c4ccc(-c5cccc(C6(c7ccccc7)c7ccccc7-c7ccccc76)c5)cc4)ccc23)cc1. The average molecular weight is 744 g/mol. The molecule has 268 valence electrons. The minimum atomic E-state index is -0.428. The molecule has 1 heterocycles. The minimum absolute atomic E-state index is 0.428. The van der Waals surface area contributed by atoms with Crippen LogP contribution < -0.4 is 4.90 Å². The fourth-order valence-electron chi connectivity index (χ4n) is 9.19. The van der Waals surface area contributed by atoms with Gasteiger partial charge >= 0.3 is 0 Å². The second kappa shape index (κ2) is 13.6. The molecule has 0 unspecified atom stereocenters. The monoisotopic (exact) mass is 743 g/mol. The molecule has 0 fully saturated rings. The van der Waals surface area contributed by atoms with Gasteiger partial charge in [0, 0.05) is 37.2 Å². The number of hydrogen-bond acceptors (Lipinski definition) is 2. The van der Waals surface area contributed by atoms with Crippen LogP contribution in [0.1, 0.15) is 22.3 Å². The molecule has 0 saturated carbocycles. The Morgan fingerprint density at radius 2 is 0.789 bits per heavy atom. The van der Waals surface area contributed by atoms with E-state index in [-0.39, 0.29) is 0 Å². The normalized spacial score (nSPS) is 12.7. The summed E-state index contributed by atoms with van der Waals surface area (Å²) in [6, 6.07) is 82.3. The van der Waals surface area contributed by atoms with Crippen molar-refractivity contribution in [2.24, 2.45) is 0 Å². The Morgan fingerprint density at radius 3 is 1.49 bits per heavy atom. The van der Waals surface area contributed by atoms with Gasteiger partial charge in [0.1, 0.15) is 0 Å². The first-order valence-corrected chi connectivity index (χ1v) is 20.4. The lowest BCUT2D eigenvalue weighted by Gasteiger charge is -2.34. The first kappa shape index (κ1) is 33.3. The van der Waals surface area contributed by atoms with Crippen LogP contribution in [0.15, 0.2) is 224 Å². The molecule has 1 nitrogen and oxygen atoms in total. The van der Waals surface area contributed by atoms with Crippen LogP contribution in [0, 0.1) is 0 Å². The molecule has 9 aromatic carbocycles. The maximum Gasteiger partial charge on any atom is 0.0713 e. The zero-order valence-corrected chi connectivity index (χ0v) is 32.0. The van der Waals surface area contributed by atoms with Gasteiger partial charge in [-0.15, -0.1) is 11.3 Å². The van der Waals surface area contributed by atoms with E-state index in [1.807, 2.05) is 11.3 Å². The van der Waals surface area contributed by atoms with Crippen LogP contribution in [-0.4, -0.2) is 0 Å². The summed E-state index contributed by atoms with van der Waals surface area (Å²) in [5, 5.41) is 2.60. The van der Waals surface area contributed by atoms with Crippen molar-refractivity contribution in [1.82, 2.24) is 0 Å². The Bertz CT molecular complexity index is 3010. The summed E-state index contributed by atoms with van der Waals surface area (Å²) < 4.78 is 2.59. The van der Waals surface area contributed by atoms with Gasteiger partial charge in [-0.3, -0.25) is 0 Å². The van der Waals surface area contributed by atoms with Crippen molar-refractivity contribution in [2.75, 3.05) is 4.90 Å². The van der Waals surface area contributed by atoms with Crippen molar-refractivity contribution in [3.05, 3.63) is 247 Å². The van der Waals surface area contributed by atoms with E-state index in [2.05, 4.69) is 229 Å². The predicted molar refractivity (Wildman–Crippen MR) is 242 cm³/mol. The molecule has 0 aliphatic heterocycles. The lowest BCUT2D eigenvalue weighted by atomic mass is 9.67. The number of fused-ring (bicyclic) bond motifs is 6. The van der Waals surface area contributed by atoms with Crippen LogP contribution in [0.4, 0.5) is 17.1 Å². The standard InChI is InChI=1S/C55H37NS/c1-4-15-38(16-5-1)41-29-33-49-50-34-32-46(37-54(50)57-53(49)36-41)56(44-21-8-3-9-22-44)45-30-27-39(28-31-45)40-17-14-20-43(35-40)55(42-18-6-2-7-19-42)51-25-12-10-23-47(51)48-24-11-13-26-52(48)55/h1-37H. The van der Waals surface area contributed by atoms with E-state index >= 15 is 0 Å². The maximum atomic E-state index is 2.41. The highest BCUT2D eigenvalue weighted by atomic mass is 32.1. The molecule has 0 amide bonds. The van der Waals surface area contributed by atoms with Crippen molar-refractivity contribution in [3.63, 3.8) is 0 Å². The van der Waals surface area contributed by atoms with Crippen molar-refractivity contribution in [1.29, 1.82) is 0 Å². The first-order valence-electron chi connectivity index (χ1n) is 19.6. The quantitative estimate of drug-likeness (QED) is 0.157. The Balaban J connectivity index is 0.996. The minimum Gasteiger partial charge on any atom is -0.310 e. The Morgan fingerprint density at radius 1 is 0.316 bits per heavy atom. The summed E-state index contributed by atoms with van der Waals surface area (Å²) in [6.45, 7) is 0. The third-order valence-electron chi connectivity index (χ3n) is 11.8. The van der Waals surface area contributed by atoms with Gasteiger partial charge in [-0.05, 0) is 104 Å². The van der Waals surface area contributed by atoms with Crippen LogP contribution in [0.3, 0.4) is 0 Å². The van der Waals surface area contributed by atoms with E-state index in [1.54, 1.807) is 0 Å². The van der Waals surface area contributed by atoms with Gasteiger partial charge in [-0.25, -0.2) is 0 Å². The molecule has 1 aromatic heterocycles.